The monoisotopic (exact) mass is 412 g/mol. The molecule has 1 N–H and O–H groups in total. The molecule has 2 aromatic carbocycles. The van der Waals surface area contributed by atoms with Crippen LogP contribution < -0.4 is 5.32 Å². The van der Waals surface area contributed by atoms with Crippen molar-refractivity contribution in [1.29, 1.82) is 0 Å². The van der Waals surface area contributed by atoms with Crippen LogP contribution in [-0.2, 0) is 14.8 Å². The largest absolute Gasteiger partial charge is 0.323 e. The van der Waals surface area contributed by atoms with Crippen molar-refractivity contribution in [2.24, 2.45) is 0 Å². The van der Waals surface area contributed by atoms with Crippen molar-refractivity contribution in [3.63, 3.8) is 0 Å². The van der Waals surface area contributed by atoms with E-state index < -0.39 is 22.0 Å². The molecule has 1 saturated heterocycles. The van der Waals surface area contributed by atoms with E-state index in [2.05, 4.69) is 5.32 Å². The third kappa shape index (κ3) is 4.04. The molecule has 3 rings (SSSR count). The molecule has 1 heterocycles. The summed E-state index contributed by atoms with van der Waals surface area (Å²) < 4.78 is 27.2. The average Bonchev–Trinajstić information content (AvgIpc) is 2.65. The summed E-state index contributed by atoms with van der Waals surface area (Å²) in [6, 6.07) is 12.1. The Kier molecular flexibility index (Phi) is 5.87. The van der Waals surface area contributed by atoms with Crippen LogP contribution >= 0.6 is 23.2 Å². The molecule has 1 atom stereocenters. The molecule has 5 nitrogen and oxygen atoms in total. The summed E-state index contributed by atoms with van der Waals surface area (Å²) in [5.74, 6) is -0.409. The summed E-state index contributed by atoms with van der Waals surface area (Å²) in [7, 11) is -3.75. The molecular weight excluding hydrogens is 395 g/mol. The number of carbonyl (C=O) groups is 1. The number of rotatable bonds is 4. The molecule has 0 spiro atoms. The molecule has 1 aliphatic rings. The van der Waals surface area contributed by atoms with E-state index in [1.165, 1.54) is 16.4 Å². The molecule has 26 heavy (non-hydrogen) atoms. The van der Waals surface area contributed by atoms with E-state index in [9.17, 15) is 13.2 Å². The van der Waals surface area contributed by atoms with Gasteiger partial charge in [-0.05, 0) is 43.2 Å². The van der Waals surface area contributed by atoms with E-state index in [0.717, 1.165) is 6.42 Å². The first-order valence-corrected chi connectivity index (χ1v) is 10.4. The van der Waals surface area contributed by atoms with Gasteiger partial charge in [0.25, 0.3) is 0 Å². The Morgan fingerprint density at radius 2 is 1.81 bits per heavy atom. The van der Waals surface area contributed by atoms with Crippen LogP contribution in [0.5, 0.6) is 0 Å². The van der Waals surface area contributed by atoms with Gasteiger partial charge in [0.15, 0.2) is 0 Å². The van der Waals surface area contributed by atoms with E-state index >= 15 is 0 Å². The minimum atomic E-state index is -3.75. The van der Waals surface area contributed by atoms with Gasteiger partial charge in [0.2, 0.25) is 15.9 Å². The lowest BCUT2D eigenvalue weighted by Gasteiger charge is -2.33. The molecule has 1 unspecified atom stereocenters. The zero-order chi connectivity index (χ0) is 18.7. The van der Waals surface area contributed by atoms with Crippen molar-refractivity contribution in [2.75, 3.05) is 11.9 Å². The van der Waals surface area contributed by atoms with Crippen molar-refractivity contribution >= 4 is 44.8 Å². The number of benzene rings is 2. The fourth-order valence-corrected chi connectivity index (χ4v) is 5.01. The predicted molar refractivity (Wildman–Crippen MR) is 103 cm³/mol. The van der Waals surface area contributed by atoms with Crippen LogP contribution in [0.2, 0.25) is 10.0 Å². The molecule has 0 aliphatic carbocycles. The summed E-state index contributed by atoms with van der Waals surface area (Å²) in [5, 5.41) is 3.49. The van der Waals surface area contributed by atoms with Crippen molar-refractivity contribution in [3.8, 4) is 0 Å². The maximum absolute atomic E-state index is 13.0. The number of hydrogen-bond donors (Lipinski definition) is 1. The van der Waals surface area contributed by atoms with Crippen molar-refractivity contribution in [2.45, 2.75) is 30.2 Å². The Balaban J connectivity index is 1.87. The van der Waals surface area contributed by atoms with E-state index in [-0.39, 0.29) is 4.90 Å². The normalized spacial score (nSPS) is 18.5. The first-order chi connectivity index (χ1) is 12.4. The maximum atomic E-state index is 13.0. The molecule has 138 valence electrons. The van der Waals surface area contributed by atoms with Gasteiger partial charge in [-0.15, -0.1) is 0 Å². The summed E-state index contributed by atoms with van der Waals surface area (Å²) in [5.41, 5.74) is 0.367. The average molecular weight is 413 g/mol. The molecule has 0 aromatic heterocycles. The van der Waals surface area contributed by atoms with Gasteiger partial charge in [-0.25, -0.2) is 8.42 Å². The van der Waals surface area contributed by atoms with Gasteiger partial charge in [0.05, 0.1) is 15.6 Å². The SMILES string of the molecule is O=C(Nc1cc(Cl)ccc1Cl)C1CCCCN1S(=O)(=O)c1ccccc1. The Morgan fingerprint density at radius 3 is 2.54 bits per heavy atom. The Labute approximate surface area is 163 Å². The zero-order valence-electron chi connectivity index (χ0n) is 13.9. The molecule has 8 heteroatoms. The minimum absolute atomic E-state index is 0.181. The van der Waals surface area contributed by atoms with Gasteiger partial charge < -0.3 is 5.32 Å². The Hall–Kier alpha value is -1.60. The lowest BCUT2D eigenvalue weighted by Crippen LogP contribution is -2.49. The topological polar surface area (TPSA) is 66.5 Å². The number of hydrogen-bond acceptors (Lipinski definition) is 3. The maximum Gasteiger partial charge on any atom is 0.243 e. The molecule has 1 amide bonds. The smallest absolute Gasteiger partial charge is 0.243 e. The minimum Gasteiger partial charge on any atom is -0.323 e. The van der Waals surface area contributed by atoms with Crippen LogP contribution in [0.3, 0.4) is 0 Å². The number of halogens is 2. The molecule has 0 saturated carbocycles. The number of carbonyl (C=O) groups excluding carboxylic acids is 1. The van der Waals surface area contributed by atoms with Crippen LogP contribution in [0, 0.1) is 0 Å². The van der Waals surface area contributed by atoms with Crippen LogP contribution in [-0.4, -0.2) is 31.2 Å². The quantitative estimate of drug-likeness (QED) is 0.818. The van der Waals surface area contributed by atoms with Gasteiger partial charge in [0.1, 0.15) is 6.04 Å². The van der Waals surface area contributed by atoms with E-state index in [0.29, 0.717) is 35.1 Å². The summed E-state index contributed by atoms with van der Waals surface area (Å²) in [4.78, 5) is 13.0. The highest BCUT2D eigenvalue weighted by Crippen LogP contribution is 2.29. The van der Waals surface area contributed by atoms with Gasteiger partial charge in [-0.2, -0.15) is 4.31 Å². The predicted octanol–water partition coefficient (Wildman–Crippen LogP) is 4.18. The molecule has 0 radical (unpaired) electrons. The van der Waals surface area contributed by atoms with Gasteiger partial charge >= 0.3 is 0 Å². The van der Waals surface area contributed by atoms with Gasteiger partial charge in [-0.1, -0.05) is 47.8 Å². The third-order valence-electron chi connectivity index (χ3n) is 4.29. The van der Waals surface area contributed by atoms with Crippen LogP contribution in [0.1, 0.15) is 19.3 Å². The molecule has 0 bridgehead atoms. The molecule has 1 fully saturated rings. The van der Waals surface area contributed by atoms with E-state index in [1.54, 1.807) is 36.4 Å². The number of nitrogens with one attached hydrogen (secondary N) is 1. The number of anilines is 1. The highest BCUT2D eigenvalue weighted by molar-refractivity contribution is 7.89. The fraction of sp³-hybridized carbons (Fsp3) is 0.278. The molecular formula is C18H18Cl2N2O3S. The second-order valence-electron chi connectivity index (χ2n) is 6.05. The lowest BCUT2D eigenvalue weighted by atomic mass is 10.0. The number of amides is 1. The fourth-order valence-electron chi connectivity index (χ4n) is 2.99. The first kappa shape index (κ1) is 19.2. The number of piperidine rings is 1. The van der Waals surface area contributed by atoms with Crippen molar-refractivity contribution in [3.05, 3.63) is 58.6 Å². The highest BCUT2D eigenvalue weighted by Gasteiger charge is 2.37. The first-order valence-electron chi connectivity index (χ1n) is 8.22. The number of sulfonamides is 1. The summed E-state index contributed by atoms with van der Waals surface area (Å²) >= 11 is 12.0. The van der Waals surface area contributed by atoms with Crippen molar-refractivity contribution < 1.29 is 13.2 Å². The second-order valence-corrected chi connectivity index (χ2v) is 8.79. The highest BCUT2D eigenvalue weighted by atomic mass is 35.5. The zero-order valence-corrected chi connectivity index (χ0v) is 16.2. The summed E-state index contributed by atoms with van der Waals surface area (Å²) in [6.45, 7) is 0.304. The van der Waals surface area contributed by atoms with E-state index in [1.807, 2.05) is 0 Å². The Morgan fingerprint density at radius 1 is 1.08 bits per heavy atom. The lowest BCUT2D eigenvalue weighted by molar-refractivity contribution is -0.120. The molecule has 1 aliphatic heterocycles. The van der Waals surface area contributed by atoms with Crippen molar-refractivity contribution in [1.82, 2.24) is 4.31 Å². The third-order valence-corrected chi connectivity index (χ3v) is 6.78. The number of nitrogens with zero attached hydrogens (tertiary/aromatic N) is 1. The Bertz CT molecular complexity index is 904. The van der Waals surface area contributed by atoms with E-state index in [4.69, 9.17) is 23.2 Å². The second kappa shape index (κ2) is 7.96. The van der Waals surface area contributed by atoms with Crippen LogP contribution in [0.4, 0.5) is 5.69 Å². The van der Waals surface area contributed by atoms with Gasteiger partial charge in [0, 0.05) is 11.6 Å². The van der Waals surface area contributed by atoms with Gasteiger partial charge in [-0.3, -0.25) is 4.79 Å². The molecule has 2 aromatic rings. The van der Waals surface area contributed by atoms with Crippen LogP contribution in [0.25, 0.3) is 0 Å². The summed E-state index contributed by atoms with van der Waals surface area (Å²) in [6.07, 6.45) is 1.95. The standard InChI is InChI=1S/C18H18Cl2N2O3S/c19-13-9-10-15(20)16(12-13)21-18(23)17-8-4-5-11-22(17)26(24,25)14-6-2-1-3-7-14/h1-3,6-7,9-10,12,17H,4-5,8,11H2,(H,21,23). The van der Waals surface area contributed by atoms with Crippen LogP contribution in [0.15, 0.2) is 53.4 Å².